The molecular formula is C22H22O12. The molecule has 0 aromatic heterocycles. The zero-order valence-corrected chi connectivity index (χ0v) is 17.6. The summed E-state index contributed by atoms with van der Waals surface area (Å²) in [6.45, 7) is 0. The maximum atomic E-state index is 10.5. The summed E-state index contributed by atoms with van der Waals surface area (Å²) in [7, 11) is 0. The van der Waals surface area contributed by atoms with Gasteiger partial charge in [-0.1, -0.05) is 12.1 Å². The van der Waals surface area contributed by atoms with E-state index in [0.29, 0.717) is 12.8 Å². The number of carboxylic acid groups (broad SMARTS) is 6. The van der Waals surface area contributed by atoms with Crippen molar-refractivity contribution in [1.29, 1.82) is 0 Å². The molecular weight excluding hydrogens is 456 g/mol. The largest absolute Gasteiger partial charge is 0.481 e. The van der Waals surface area contributed by atoms with Crippen molar-refractivity contribution in [2.75, 3.05) is 0 Å². The first-order valence-electron chi connectivity index (χ1n) is 9.42. The molecule has 2 rings (SSSR count). The summed E-state index contributed by atoms with van der Waals surface area (Å²) < 4.78 is 0. The molecule has 0 heterocycles. The topological polar surface area (TPSA) is 224 Å². The van der Waals surface area contributed by atoms with Crippen LogP contribution in [0.3, 0.4) is 0 Å². The van der Waals surface area contributed by atoms with E-state index in [9.17, 15) is 28.8 Å². The van der Waals surface area contributed by atoms with Crippen molar-refractivity contribution >= 4 is 35.8 Å². The molecule has 0 aliphatic rings. The Labute approximate surface area is 192 Å². The van der Waals surface area contributed by atoms with Crippen LogP contribution in [0.5, 0.6) is 0 Å². The minimum atomic E-state index is -1.23. The van der Waals surface area contributed by atoms with Crippen LogP contribution < -0.4 is 0 Å². The SMILES string of the molecule is O=C(O)CCCCC(=O)O.O=C(O)c1ccc(C(=O)O)cc1.O=C(O)c1ccccc1C(=O)O. The third kappa shape index (κ3) is 12.2. The number of carboxylic acids is 6. The summed E-state index contributed by atoms with van der Waals surface area (Å²) in [5.74, 6) is -6.32. The van der Waals surface area contributed by atoms with Crippen molar-refractivity contribution in [1.82, 2.24) is 0 Å². The molecule has 0 atom stereocenters. The Morgan fingerprint density at radius 1 is 0.471 bits per heavy atom. The van der Waals surface area contributed by atoms with Crippen molar-refractivity contribution in [3.8, 4) is 0 Å². The van der Waals surface area contributed by atoms with Crippen molar-refractivity contribution in [3.63, 3.8) is 0 Å². The molecule has 0 saturated carbocycles. The molecule has 182 valence electrons. The molecule has 2 aromatic rings. The quantitative estimate of drug-likeness (QED) is 0.286. The Hall–Kier alpha value is -4.74. The van der Waals surface area contributed by atoms with Crippen molar-refractivity contribution < 1.29 is 59.4 Å². The number of hydrogen-bond acceptors (Lipinski definition) is 6. The van der Waals surface area contributed by atoms with Crippen LogP contribution in [-0.4, -0.2) is 66.5 Å². The van der Waals surface area contributed by atoms with Gasteiger partial charge in [-0.25, -0.2) is 19.2 Å². The van der Waals surface area contributed by atoms with E-state index in [1.165, 1.54) is 48.5 Å². The molecule has 0 fully saturated rings. The van der Waals surface area contributed by atoms with Gasteiger partial charge in [-0.15, -0.1) is 0 Å². The summed E-state index contributed by atoms with van der Waals surface area (Å²) in [6, 6.07) is 10.5. The molecule has 12 heteroatoms. The highest BCUT2D eigenvalue weighted by molar-refractivity contribution is 6.01. The van der Waals surface area contributed by atoms with Crippen LogP contribution in [0.1, 0.15) is 67.1 Å². The Morgan fingerprint density at radius 2 is 0.765 bits per heavy atom. The number of aromatic carboxylic acids is 4. The van der Waals surface area contributed by atoms with E-state index in [4.69, 9.17) is 30.6 Å². The Kier molecular flexibility index (Phi) is 13.0. The van der Waals surface area contributed by atoms with Gasteiger partial charge in [0.2, 0.25) is 0 Å². The fraction of sp³-hybridized carbons (Fsp3) is 0.182. The van der Waals surface area contributed by atoms with Crippen LogP contribution in [0.4, 0.5) is 0 Å². The number of rotatable bonds is 9. The molecule has 0 amide bonds. The minimum absolute atomic E-state index is 0.0628. The number of hydrogen-bond donors (Lipinski definition) is 6. The van der Waals surface area contributed by atoms with Gasteiger partial charge in [-0.3, -0.25) is 9.59 Å². The van der Waals surface area contributed by atoms with Crippen LogP contribution in [0.2, 0.25) is 0 Å². The highest BCUT2D eigenvalue weighted by Crippen LogP contribution is 2.08. The van der Waals surface area contributed by atoms with E-state index in [1.54, 1.807) is 0 Å². The van der Waals surface area contributed by atoms with Crippen LogP contribution in [0, 0.1) is 0 Å². The molecule has 0 aliphatic heterocycles. The number of unbranched alkanes of at least 4 members (excludes halogenated alkanes) is 1. The number of benzene rings is 2. The molecule has 0 aliphatic carbocycles. The summed E-state index contributed by atoms with van der Waals surface area (Å²) in [5, 5.41) is 50.3. The third-order valence-corrected chi connectivity index (χ3v) is 3.80. The standard InChI is InChI=1S/2C8H6O4.C6H10O4/c9-7(10)5-1-2-6(4-3-5)8(11)12;9-7(10)5-3-1-2-4-6(5)8(11)12;7-5(8)3-1-2-4-6(9)10/h2*1-4H,(H,9,10)(H,11,12);1-4H2,(H,7,8)(H,9,10). The highest BCUT2D eigenvalue weighted by atomic mass is 16.4. The Balaban J connectivity index is 0.000000484. The predicted octanol–water partition coefficient (Wildman–Crippen LogP) is 2.88. The van der Waals surface area contributed by atoms with Crippen LogP contribution in [0.25, 0.3) is 0 Å². The molecule has 0 saturated heterocycles. The lowest BCUT2D eigenvalue weighted by molar-refractivity contribution is -0.139. The molecule has 0 radical (unpaired) electrons. The summed E-state index contributed by atoms with van der Waals surface area (Å²) >= 11 is 0. The maximum Gasteiger partial charge on any atom is 0.336 e. The van der Waals surface area contributed by atoms with Gasteiger partial charge in [0.25, 0.3) is 0 Å². The van der Waals surface area contributed by atoms with Crippen molar-refractivity contribution in [2.45, 2.75) is 25.7 Å². The molecule has 0 unspecified atom stereocenters. The van der Waals surface area contributed by atoms with E-state index in [1.807, 2.05) is 0 Å². The lowest BCUT2D eigenvalue weighted by atomic mass is 10.1. The smallest absolute Gasteiger partial charge is 0.336 e. The van der Waals surface area contributed by atoms with Gasteiger partial charge in [-0.05, 0) is 49.2 Å². The lowest BCUT2D eigenvalue weighted by Gasteiger charge is -1.98. The van der Waals surface area contributed by atoms with E-state index in [0.717, 1.165) is 0 Å². The Bertz CT molecular complexity index is 942. The predicted molar refractivity (Wildman–Crippen MR) is 114 cm³/mol. The molecule has 34 heavy (non-hydrogen) atoms. The van der Waals surface area contributed by atoms with E-state index in [2.05, 4.69) is 0 Å². The second kappa shape index (κ2) is 15.1. The fourth-order valence-corrected chi connectivity index (χ4v) is 2.16. The highest BCUT2D eigenvalue weighted by Gasteiger charge is 2.13. The second-order valence-electron chi connectivity index (χ2n) is 6.34. The zero-order valence-electron chi connectivity index (χ0n) is 17.6. The van der Waals surface area contributed by atoms with Crippen molar-refractivity contribution in [2.24, 2.45) is 0 Å². The Morgan fingerprint density at radius 3 is 0.971 bits per heavy atom. The first kappa shape index (κ1) is 29.3. The van der Waals surface area contributed by atoms with Gasteiger partial charge in [0.15, 0.2) is 0 Å². The van der Waals surface area contributed by atoms with E-state index in [-0.39, 0.29) is 35.1 Å². The monoisotopic (exact) mass is 478 g/mol. The van der Waals surface area contributed by atoms with Gasteiger partial charge in [0, 0.05) is 12.8 Å². The summed E-state index contributed by atoms with van der Waals surface area (Å²) in [4.78, 5) is 61.4. The molecule has 12 nitrogen and oxygen atoms in total. The van der Waals surface area contributed by atoms with E-state index < -0.39 is 35.8 Å². The molecule has 0 bridgehead atoms. The first-order chi connectivity index (χ1) is 15.9. The normalized spacial score (nSPS) is 9.29. The van der Waals surface area contributed by atoms with E-state index >= 15 is 0 Å². The molecule has 6 N–H and O–H groups in total. The second-order valence-corrected chi connectivity index (χ2v) is 6.34. The lowest BCUT2D eigenvalue weighted by Crippen LogP contribution is -2.06. The average molecular weight is 478 g/mol. The maximum absolute atomic E-state index is 10.5. The van der Waals surface area contributed by atoms with Gasteiger partial charge in [-0.2, -0.15) is 0 Å². The van der Waals surface area contributed by atoms with Gasteiger partial charge < -0.3 is 30.6 Å². The van der Waals surface area contributed by atoms with Crippen molar-refractivity contribution in [3.05, 3.63) is 70.8 Å². The summed E-state index contributed by atoms with van der Waals surface area (Å²) in [6.07, 6.45) is 1.02. The number of carbonyl (C=O) groups is 6. The number of aliphatic carboxylic acids is 2. The molecule has 2 aromatic carbocycles. The fourth-order valence-electron chi connectivity index (χ4n) is 2.16. The van der Waals surface area contributed by atoms with Gasteiger partial charge >= 0.3 is 35.8 Å². The van der Waals surface area contributed by atoms with Crippen LogP contribution in [-0.2, 0) is 9.59 Å². The first-order valence-corrected chi connectivity index (χ1v) is 9.42. The average Bonchev–Trinajstić information content (AvgIpc) is 2.77. The van der Waals surface area contributed by atoms with Crippen LogP contribution in [0.15, 0.2) is 48.5 Å². The minimum Gasteiger partial charge on any atom is -0.481 e. The zero-order chi connectivity index (χ0) is 26.3. The third-order valence-electron chi connectivity index (χ3n) is 3.80. The molecule has 0 spiro atoms. The summed E-state index contributed by atoms with van der Waals surface area (Å²) in [5.41, 5.74) is -0.213. The van der Waals surface area contributed by atoms with Crippen LogP contribution >= 0.6 is 0 Å². The van der Waals surface area contributed by atoms with Gasteiger partial charge in [0.05, 0.1) is 22.3 Å². The van der Waals surface area contributed by atoms with Gasteiger partial charge in [0.1, 0.15) is 0 Å².